The number of hydrogen-bond donors (Lipinski definition) is 1. The molecule has 0 aromatic heterocycles. The SMILES string of the molecule is CCCS(=O)(=O)CCN1CCCC1CC(=O)O. The van der Waals surface area contributed by atoms with Crippen molar-refractivity contribution in [3.05, 3.63) is 0 Å². The van der Waals surface area contributed by atoms with Gasteiger partial charge in [-0.1, -0.05) is 6.92 Å². The van der Waals surface area contributed by atoms with Crippen molar-refractivity contribution < 1.29 is 18.3 Å². The van der Waals surface area contributed by atoms with Crippen LogP contribution < -0.4 is 0 Å². The molecule has 5 nitrogen and oxygen atoms in total. The van der Waals surface area contributed by atoms with E-state index in [1.165, 1.54) is 0 Å². The van der Waals surface area contributed by atoms with Crippen LogP contribution in [0.25, 0.3) is 0 Å². The second-order valence-corrected chi connectivity index (χ2v) is 6.89. The van der Waals surface area contributed by atoms with Gasteiger partial charge in [-0.2, -0.15) is 0 Å². The van der Waals surface area contributed by atoms with E-state index in [9.17, 15) is 13.2 Å². The number of rotatable bonds is 7. The van der Waals surface area contributed by atoms with Crippen molar-refractivity contribution in [3.8, 4) is 0 Å². The van der Waals surface area contributed by atoms with Crippen LogP contribution in [-0.2, 0) is 14.6 Å². The lowest BCUT2D eigenvalue weighted by Gasteiger charge is -2.22. The minimum absolute atomic E-state index is 0.0179. The molecule has 1 rings (SSSR count). The quantitative estimate of drug-likeness (QED) is 0.733. The summed E-state index contributed by atoms with van der Waals surface area (Å²) in [6.45, 7) is 3.14. The molecule has 6 heteroatoms. The molecule has 1 fully saturated rings. The van der Waals surface area contributed by atoms with Crippen LogP contribution >= 0.6 is 0 Å². The summed E-state index contributed by atoms with van der Waals surface area (Å²) in [4.78, 5) is 12.7. The average molecular weight is 263 g/mol. The van der Waals surface area contributed by atoms with Gasteiger partial charge in [0.2, 0.25) is 0 Å². The first kappa shape index (κ1) is 14.4. The van der Waals surface area contributed by atoms with E-state index in [1.54, 1.807) is 0 Å². The standard InChI is InChI=1S/C11H21NO4S/c1-2-7-17(15,16)8-6-12-5-3-4-10(12)9-11(13)14/h10H,2-9H2,1H3,(H,13,14). The fourth-order valence-corrected chi connectivity index (χ4v) is 3.63. The van der Waals surface area contributed by atoms with Crippen LogP contribution in [0.15, 0.2) is 0 Å². The largest absolute Gasteiger partial charge is 0.481 e. The van der Waals surface area contributed by atoms with Crippen LogP contribution in [0.3, 0.4) is 0 Å². The fourth-order valence-electron chi connectivity index (χ4n) is 2.29. The molecule has 0 bridgehead atoms. The highest BCUT2D eigenvalue weighted by Crippen LogP contribution is 2.19. The molecule has 17 heavy (non-hydrogen) atoms. The van der Waals surface area contributed by atoms with Crippen molar-refractivity contribution in [2.75, 3.05) is 24.6 Å². The Labute approximate surface area is 103 Å². The van der Waals surface area contributed by atoms with Crippen molar-refractivity contribution in [2.45, 2.75) is 38.6 Å². The average Bonchev–Trinajstić information content (AvgIpc) is 2.61. The van der Waals surface area contributed by atoms with Crippen LogP contribution in [0, 0.1) is 0 Å². The van der Waals surface area contributed by atoms with Crippen LogP contribution in [0.4, 0.5) is 0 Å². The second-order valence-electron chi connectivity index (χ2n) is 4.58. The molecule has 0 saturated carbocycles. The molecule has 0 aromatic carbocycles. The molecule has 1 heterocycles. The third kappa shape index (κ3) is 5.04. The van der Waals surface area contributed by atoms with E-state index >= 15 is 0 Å². The lowest BCUT2D eigenvalue weighted by Crippen LogP contribution is -2.35. The van der Waals surface area contributed by atoms with E-state index in [0.717, 1.165) is 19.4 Å². The predicted molar refractivity (Wildman–Crippen MR) is 65.8 cm³/mol. The normalized spacial score (nSPS) is 21.8. The third-order valence-electron chi connectivity index (χ3n) is 3.11. The van der Waals surface area contributed by atoms with Crippen LogP contribution in [0.2, 0.25) is 0 Å². The Bertz CT molecular complexity index is 352. The molecule has 1 atom stereocenters. The van der Waals surface area contributed by atoms with Gasteiger partial charge in [-0.15, -0.1) is 0 Å². The van der Waals surface area contributed by atoms with E-state index in [0.29, 0.717) is 13.0 Å². The minimum Gasteiger partial charge on any atom is -0.481 e. The number of carbonyl (C=O) groups is 1. The molecule has 0 amide bonds. The van der Waals surface area contributed by atoms with Crippen LogP contribution in [0.5, 0.6) is 0 Å². The zero-order chi connectivity index (χ0) is 12.9. The first-order chi connectivity index (χ1) is 7.94. The lowest BCUT2D eigenvalue weighted by molar-refractivity contribution is -0.138. The molecule has 1 N–H and O–H groups in total. The minimum atomic E-state index is -2.96. The molecule has 1 aliphatic heterocycles. The highest BCUT2D eigenvalue weighted by molar-refractivity contribution is 7.91. The first-order valence-corrected chi connectivity index (χ1v) is 7.93. The Morgan fingerprint density at radius 3 is 2.71 bits per heavy atom. The van der Waals surface area contributed by atoms with Crippen molar-refractivity contribution in [1.82, 2.24) is 4.90 Å². The fraction of sp³-hybridized carbons (Fsp3) is 0.909. The summed E-state index contributed by atoms with van der Waals surface area (Å²) in [6.07, 6.45) is 2.58. The number of aliphatic carboxylic acids is 1. The molecule has 0 aromatic rings. The molecule has 100 valence electrons. The molecular weight excluding hydrogens is 242 g/mol. The van der Waals surface area contributed by atoms with Gasteiger partial charge in [0.25, 0.3) is 0 Å². The van der Waals surface area contributed by atoms with Gasteiger partial charge in [0.05, 0.1) is 12.2 Å². The maximum absolute atomic E-state index is 11.6. The molecular formula is C11H21NO4S. The Morgan fingerprint density at radius 2 is 2.12 bits per heavy atom. The molecule has 1 saturated heterocycles. The monoisotopic (exact) mass is 263 g/mol. The number of likely N-dealkylation sites (tertiary alicyclic amines) is 1. The molecule has 1 unspecified atom stereocenters. The maximum atomic E-state index is 11.6. The smallest absolute Gasteiger partial charge is 0.304 e. The van der Waals surface area contributed by atoms with Gasteiger partial charge in [-0.05, 0) is 25.8 Å². The molecule has 0 spiro atoms. The summed E-state index contributed by atoms with van der Waals surface area (Å²) < 4.78 is 23.1. The Morgan fingerprint density at radius 1 is 1.41 bits per heavy atom. The Kier molecular flexibility index (Phi) is 5.39. The summed E-state index contributed by atoms with van der Waals surface area (Å²) in [6, 6.07) is 0.0179. The van der Waals surface area contributed by atoms with Gasteiger partial charge in [-0.25, -0.2) is 8.42 Å². The number of hydrogen-bond acceptors (Lipinski definition) is 4. The number of sulfone groups is 1. The highest BCUT2D eigenvalue weighted by atomic mass is 32.2. The third-order valence-corrected chi connectivity index (χ3v) is 4.95. The Balaban J connectivity index is 2.43. The van der Waals surface area contributed by atoms with Gasteiger partial charge >= 0.3 is 5.97 Å². The van der Waals surface area contributed by atoms with Gasteiger partial charge in [0, 0.05) is 18.3 Å². The van der Waals surface area contributed by atoms with Gasteiger partial charge < -0.3 is 5.11 Å². The number of nitrogens with zero attached hydrogens (tertiary/aromatic N) is 1. The van der Waals surface area contributed by atoms with E-state index in [1.807, 2.05) is 11.8 Å². The van der Waals surface area contributed by atoms with E-state index < -0.39 is 15.8 Å². The highest BCUT2D eigenvalue weighted by Gasteiger charge is 2.27. The van der Waals surface area contributed by atoms with Crippen molar-refractivity contribution in [2.24, 2.45) is 0 Å². The van der Waals surface area contributed by atoms with E-state index in [2.05, 4.69) is 0 Å². The van der Waals surface area contributed by atoms with E-state index in [4.69, 9.17) is 5.11 Å². The summed E-state index contributed by atoms with van der Waals surface area (Å²) >= 11 is 0. The van der Waals surface area contributed by atoms with Crippen LogP contribution in [-0.4, -0.2) is 55.0 Å². The summed E-state index contributed by atoms with van der Waals surface area (Å²) in [5.41, 5.74) is 0. The number of carboxylic acids is 1. The first-order valence-electron chi connectivity index (χ1n) is 6.11. The summed E-state index contributed by atoms with van der Waals surface area (Å²) in [5, 5.41) is 8.76. The van der Waals surface area contributed by atoms with Crippen molar-refractivity contribution >= 4 is 15.8 Å². The Hall–Kier alpha value is -0.620. The summed E-state index contributed by atoms with van der Waals surface area (Å²) in [5.74, 6) is -0.431. The van der Waals surface area contributed by atoms with Gasteiger partial charge in [0.1, 0.15) is 0 Å². The second kappa shape index (κ2) is 6.35. The molecule has 0 aliphatic carbocycles. The maximum Gasteiger partial charge on any atom is 0.304 e. The predicted octanol–water partition coefficient (Wildman–Crippen LogP) is 0.750. The zero-order valence-corrected chi connectivity index (χ0v) is 11.1. The molecule has 1 aliphatic rings. The molecule has 0 radical (unpaired) electrons. The number of carboxylic acid groups (broad SMARTS) is 1. The topological polar surface area (TPSA) is 74.7 Å². The van der Waals surface area contributed by atoms with E-state index in [-0.39, 0.29) is 24.0 Å². The van der Waals surface area contributed by atoms with Crippen molar-refractivity contribution in [1.29, 1.82) is 0 Å². The van der Waals surface area contributed by atoms with Crippen molar-refractivity contribution in [3.63, 3.8) is 0 Å². The van der Waals surface area contributed by atoms with Crippen LogP contribution in [0.1, 0.15) is 32.6 Å². The summed E-state index contributed by atoms with van der Waals surface area (Å²) in [7, 11) is -2.96. The van der Waals surface area contributed by atoms with Gasteiger partial charge in [0.15, 0.2) is 9.84 Å². The van der Waals surface area contributed by atoms with Gasteiger partial charge in [-0.3, -0.25) is 9.69 Å². The lowest BCUT2D eigenvalue weighted by atomic mass is 10.1. The zero-order valence-electron chi connectivity index (χ0n) is 10.3.